The van der Waals surface area contributed by atoms with Gasteiger partial charge in [0, 0.05) is 37.4 Å². The zero-order valence-corrected chi connectivity index (χ0v) is 15.0. The van der Waals surface area contributed by atoms with Gasteiger partial charge >= 0.3 is 0 Å². The largest absolute Gasteiger partial charge is 0.389 e. The van der Waals surface area contributed by atoms with Crippen LogP contribution in [0.15, 0.2) is 6.20 Å². The van der Waals surface area contributed by atoms with Crippen LogP contribution in [-0.2, 0) is 0 Å². The first-order valence-electron chi connectivity index (χ1n) is 8.54. The fraction of sp³-hybridized carbons (Fsp3) is 0.765. The Morgan fingerprint density at radius 1 is 1.35 bits per heavy atom. The molecule has 2 atom stereocenters. The van der Waals surface area contributed by atoms with Gasteiger partial charge in [0.05, 0.1) is 17.4 Å². The summed E-state index contributed by atoms with van der Waals surface area (Å²) < 4.78 is 0. The lowest BCUT2D eigenvalue weighted by molar-refractivity contribution is -0.0237. The molecule has 1 fully saturated rings. The van der Waals surface area contributed by atoms with Crippen LogP contribution in [0.3, 0.4) is 0 Å². The van der Waals surface area contributed by atoms with Crippen LogP contribution < -0.4 is 0 Å². The minimum absolute atomic E-state index is 0.0597. The SMILES string of the molecule is CC[C@@H]1CN(C(=O)c2cn[nH]c2C)[C@@H](CC)CN1CC(C)(C)O. The van der Waals surface area contributed by atoms with E-state index >= 15 is 0 Å². The van der Waals surface area contributed by atoms with Crippen molar-refractivity contribution >= 4 is 5.91 Å². The van der Waals surface area contributed by atoms with E-state index in [1.807, 2.05) is 25.7 Å². The van der Waals surface area contributed by atoms with Crippen molar-refractivity contribution in [2.45, 2.75) is 65.1 Å². The molecule has 2 heterocycles. The monoisotopic (exact) mass is 322 g/mol. The van der Waals surface area contributed by atoms with E-state index in [0.717, 1.165) is 25.1 Å². The lowest BCUT2D eigenvalue weighted by Crippen LogP contribution is -2.61. The van der Waals surface area contributed by atoms with Gasteiger partial charge in [0.25, 0.3) is 5.91 Å². The van der Waals surface area contributed by atoms with Gasteiger partial charge in [0.1, 0.15) is 0 Å². The fourth-order valence-corrected chi connectivity index (χ4v) is 3.41. The van der Waals surface area contributed by atoms with Crippen LogP contribution in [0, 0.1) is 6.92 Å². The van der Waals surface area contributed by atoms with Crippen LogP contribution in [-0.4, -0.2) is 68.3 Å². The summed E-state index contributed by atoms with van der Waals surface area (Å²) in [4.78, 5) is 17.2. The lowest BCUT2D eigenvalue weighted by atomic mass is 9.98. The molecule has 1 saturated heterocycles. The van der Waals surface area contributed by atoms with E-state index in [4.69, 9.17) is 0 Å². The average molecular weight is 322 g/mol. The summed E-state index contributed by atoms with van der Waals surface area (Å²) in [6.45, 7) is 12.0. The van der Waals surface area contributed by atoms with Crippen molar-refractivity contribution in [3.8, 4) is 0 Å². The van der Waals surface area contributed by atoms with Gasteiger partial charge in [-0.05, 0) is 33.6 Å². The Hall–Kier alpha value is -1.40. The maximum absolute atomic E-state index is 12.9. The second-order valence-electron chi connectivity index (χ2n) is 7.23. The third kappa shape index (κ3) is 4.12. The van der Waals surface area contributed by atoms with Gasteiger partial charge in [0.2, 0.25) is 0 Å². The molecule has 6 heteroatoms. The number of aromatic nitrogens is 2. The van der Waals surface area contributed by atoms with Gasteiger partial charge in [0.15, 0.2) is 0 Å². The van der Waals surface area contributed by atoms with Crippen LogP contribution in [0.2, 0.25) is 0 Å². The number of nitrogens with one attached hydrogen (secondary N) is 1. The number of H-pyrrole nitrogens is 1. The Morgan fingerprint density at radius 2 is 2.00 bits per heavy atom. The van der Waals surface area contributed by atoms with Crippen molar-refractivity contribution in [1.29, 1.82) is 0 Å². The Morgan fingerprint density at radius 3 is 2.48 bits per heavy atom. The molecule has 2 rings (SSSR count). The molecule has 0 spiro atoms. The van der Waals surface area contributed by atoms with Crippen molar-refractivity contribution in [1.82, 2.24) is 20.0 Å². The zero-order valence-electron chi connectivity index (χ0n) is 15.0. The van der Waals surface area contributed by atoms with E-state index in [-0.39, 0.29) is 18.0 Å². The highest BCUT2D eigenvalue weighted by Crippen LogP contribution is 2.24. The number of hydrogen-bond acceptors (Lipinski definition) is 4. The fourth-order valence-electron chi connectivity index (χ4n) is 3.41. The van der Waals surface area contributed by atoms with Gasteiger partial charge in [-0.15, -0.1) is 0 Å². The van der Waals surface area contributed by atoms with E-state index in [2.05, 4.69) is 28.9 Å². The molecule has 1 aromatic heterocycles. The standard InChI is InChI=1S/C17H30N4O2/c1-6-13-10-21(16(22)15-8-18-19-12(15)3)14(7-2)9-20(13)11-17(4,5)23/h8,13-14,23H,6-7,9-11H2,1-5H3,(H,18,19)/t13-,14+/m1/s1. The molecule has 1 amide bonds. The molecule has 0 unspecified atom stereocenters. The molecule has 1 aliphatic heterocycles. The number of aromatic amines is 1. The first-order chi connectivity index (χ1) is 10.8. The highest BCUT2D eigenvalue weighted by atomic mass is 16.3. The first-order valence-corrected chi connectivity index (χ1v) is 8.54. The summed E-state index contributed by atoms with van der Waals surface area (Å²) in [5.41, 5.74) is 0.755. The number of carbonyl (C=O) groups is 1. The molecular weight excluding hydrogens is 292 g/mol. The van der Waals surface area contributed by atoms with E-state index in [1.54, 1.807) is 6.20 Å². The average Bonchev–Trinajstić information content (AvgIpc) is 2.90. The quantitative estimate of drug-likeness (QED) is 0.867. The van der Waals surface area contributed by atoms with Crippen molar-refractivity contribution in [3.63, 3.8) is 0 Å². The van der Waals surface area contributed by atoms with Crippen LogP contribution in [0.1, 0.15) is 56.6 Å². The van der Waals surface area contributed by atoms with E-state index in [0.29, 0.717) is 18.7 Å². The number of piperazine rings is 1. The number of hydrogen-bond donors (Lipinski definition) is 2. The number of β-amino-alcohol motifs (C(OH)–C–C–N with tert-alkyl or cyclic N) is 1. The number of nitrogens with zero attached hydrogens (tertiary/aromatic N) is 3. The minimum atomic E-state index is -0.723. The Bertz CT molecular complexity index is 535. The summed E-state index contributed by atoms with van der Waals surface area (Å²) in [6, 6.07) is 0.447. The Balaban J connectivity index is 2.19. The predicted octanol–water partition coefficient (Wildman–Crippen LogP) is 1.80. The summed E-state index contributed by atoms with van der Waals surface area (Å²) in [5.74, 6) is 0.0597. The molecule has 0 aliphatic carbocycles. The lowest BCUT2D eigenvalue weighted by Gasteiger charge is -2.47. The number of carbonyl (C=O) groups excluding carboxylic acids is 1. The van der Waals surface area contributed by atoms with Gasteiger partial charge in [-0.3, -0.25) is 14.8 Å². The molecular formula is C17H30N4O2. The minimum Gasteiger partial charge on any atom is -0.389 e. The number of rotatable bonds is 5. The van der Waals surface area contributed by atoms with Crippen molar-refractivity contribution in [2.75, 3.05) is 19.6 Å². The van der Waals surface area contributed by atoms with Gasteiger partial charge < -0.3 is 10.0 Å². The van der Waals surface area contributed by atoms with Crippen molar-refractivity contribution in [3.05, 3.63) is 17.5 Å². The van der Waals surface area contributed by atoms with E-state index in [9.17, 15) is 9.90 Å². The third-order valence-electron chi connectivity index (χ3n) is 4.66. The topological polar surface area (TPSA) is 72.5 Å². The van der Waals surface area contributed by atoms with E-state index < -0.39 is 5.60 Å². The second kappa shape index (κ2) is 7.01. The summed E-state index contributed by atoms with van der Waals surface area (Å²) in [6.07, 6.45) is 3.48. The third-order valence-corrected chi connectivity index (χ3v) is 4.66. The van der Waals surface area contributed by atoms with Crippen LogP contribution >= 0.6 is 0 Å². The summed E-state index contributed by atoms with van der Waals surface area (Å²) in [5, 5.41) is 17.0. The van der Waals surface area contributed by atoms with E-state index in [1.165, 1.54) is 0 Å². The van der Waals surface area contributed by atoms with Crippen molar-refractivity contribution < 1.29 is 9.90 Å². The number of amides is 1. The molecule has 6 nitrogen and oxygen atoms in total. The molecule has 130 valence electrons. The Labute approximate surface area is 138 Å². The second-order valence-corrected chi connectivity index (χ2v) is 7.23. The molecule has 0 saturated carbocycles. The maximum Gasteiger partial charge on any atom is 0.257 e. The summed E-state index contributed by atoms with van der Waals surface area (Å²) in [7, 11) is 0. The molecule has 0 aromatic carbocycles. The Kier molecular flexibility index (Phi) is 5.47. The van der Waals surface area contributed by atoms with Crippen LogP contribution in [0.25, 0.3) is 0 Å². The molecule has 0 bridgehead atoms. The van der Waals surface area contributed by atoms with Gasteiger partial charge in [-0.2, -0.15) is 5.10 Å². The van der Waals surface area contributed by atoms with Crippen molar-refractivity contribution in [2.24, 2.45) is 0 Å². The molecule has 1 aliphatic rings. The highest BCUT2D eigenvalue weighted by molar-refractivity contribution is 5.95. The molecule has 2 N–H and O–H groups in total. The smallest absolute Gasteiger partial charge is 0.257 e. The number of aryl methyl sites for hydroxylation is 1. The predicted molar refractivity (Wildman–Crippen MR) is 90.4 cm³/mol. The number of aliphatic hydroxyl groups is 1. The van der Waals surface area contributed by atoms with Crippen LogP contribution in [0.4, 0.5) is 0 Å². The molecule has 0 radical (unpaired) electrons. The summed E-state index contributed by atoms with van der Waals surface area (Å²) >= 11 is 0. The zero-order chi connectivity index (χ0) is 17.2. The van der Waals surface area contributed by atoms with Gasteiger partial charge in [-0.1, -0.05) is 13.8 Å². The van der Waals surface area contributed by atoms with Crippen LogP contribution in [0.5, 0.6) is 0 Å². The van der Waals surface area contributed by atoms with Gasteiger partial charge in [-0.25, -0.2) is 0 Å². The normalized spacial score (nSPS) is 23.3. The maximum atomic E-state index is 12.9. The molecule has 1 aromatic rings. The molecule has 23 heavy (non-hydrogen) atoms. The first kappa shape index (κ1) is 17.9. The highest BCUT2D eigenvalue weighted by Gasteiger charge is 2.37.